The molecule has 1 N–H and O–H groups in total. The van der Waals surface area contributed by atoms with Crippen LogP contribution >= 0.6 is 0 Å². The fraction of sp³-hybridized carbons (Fsp3) is 0.143. The Balaban J connectivity index is 1.58. The average Bonchev–Trinajstić information content (AvgIpc) is 3.28. The monoisotopic (exact) mass is 419 g/mol. The highest BCUT2D eigenvalue weighted by Crippen LogP contribution is 2.32. The largest absolute Gasteiger partial charge is 0.324 e. The van der Waals surface area contributed by atoms with Crippen LogP contribution in [0.3, 0.4) is 0 Å². The molecule has 3 aromatic rings. The van der Waals surface area contributed by atoms with Crippen molar-refractivity contribution in [3.05, 3.63) is 81.7 Å². The third-order valence-electron chi connectivity index (χ3n) is 5.08. The summed E-state index contributed by atoms with van der Waals surface area (Å²) in [7, 11) is 0. The molecule has 1 unspecified atom stereocenters. The number of anilines is 1. The van der Waals surface area contributed by atoms with Crippen molar-refractivity contribution in [3.8, 4) is 5.69 Å². The molecule has 1 aliphatic rings. The van der Waals surface area contributed by atoms with Gasteiger partial charge in [0.1, 0.15) is 11.6 Å². The van der Waals surface area contributed by atoms with Crippen LogP contribution in [-0.2, 0) is 4.79 Å². The van der Waals surface area contributed by atoms with Crippen LogP contribution < -0.4 is 5.32 Å². The standard InChI is InChI=1S/C21H17N5O5/c1-12-9-10-22-25(12)15-6-3-5-14(11-15)23-19(27)13(2)24-20(28)16-7-4-8-17(26(30)31)18(16)21(24)29/h3-11,13H,1-2H3,(H,23,27). The summed E-state index contributed by atoms with van der Waals surface area (Å²) >= 11 is 0. The molecule has 0 fully saturated rings. The Morgan fingerprint density at radius 2 is 1.87 bits per heavy atom. The van der Waals surface area contributed by atoms with Crippen LogP contribution in [0.2, 0.25) is 0 Å². The van der Waals surface area contributed by atoms with Gasteiger partial charge in [0.2, 0.25) is 5.91 Å². The minimum Gasteiger partial charge on any atom is -0.324 e. The number of hydrogen-bond donors (Lipinski definition) is 1. The fourth-order valence-electron chi connectivity index (χ4n) is 3.51. The average molecular weight is 419 g/mol. The molecule has 1 atom stereocenters. The smallest absolute Gasteiger partial charge is 0.282 e. The molecule has 0 saturated heterocycles. The zero-order valence-electron chi connectivity index (χ0n) is 16.6. The first kappa shape index (κ1) is 20.0. The third kappa shape index (κ3) is 3.33. The van der Waals surface area contributed by atoms with Gasteiger partial charge in [0, 0.05) is 23.6 Å². The molecule has 3 amide bonds. The number of nitro groups is 1. The number of amides is 3. The molecule has 0 aliphatic carbocycles. The van der Waals surface area contributed by atoms with E-state index >= 15 is 0 Å². The van der Waals surface area contributed by atoms with E-state index in [1.54, 1.807) is 29.1 Å². The third-order valence-corrected chi connectivity index (χ3v) is 5.08. The molecular weight excluding hydrogens is 402 g/mol. The van der Waals surface area contributed by atoms with Crippen molar-refractivity contribution in [3.63, 3.8) is 0 Å². The van der Waals surface area contributed by atoms with Gasteiger partial charge in [-0.05, 0) is 44.2 Å². The predicted molar refractivity (Wildman–Crippen MR) is 110 cm³/mol. The van der Waals surface area contributed by atoms with Crippen LogP contribution in [0.25, 0.3) is 5.69 Å². The summed E-state index contributed by atoms with van der Waals surface area (Å²) < 4.78 is 1.70. The van der Waals surface area contributed by atoms with E-state index in [1.165, 1.54) is 19.1 Å². The SMILES string of the molecule is Cc1ccnn1-c1cccc(NC(=O)C(C)N2C(=O)c3cccc([N+](=O)[O-])c3C2=O)c1. The number of nitrogens with zero attached hydrogens (tertiary/aromatic N) is 4. The van der Waals surface area contributed by atoms with Crippen molar-refractivity contribution in [2.24, 2.45) is 0 Å². The highest BCUT2D eigenvalue weighted by atomic mass is 16.6. The van der Waals surface area contributed by atoms with E-state index in [4.69, 9.17) is 0 Å². The van der Waals surface area contributed by atoms with Crippen molar-refractivity contribution in [2.45, 2.75) is 19.9 Å². The van der Waals surface area contributed by atoms with E-state index in [0.717, 1.165) is 22.3 Å². The lowest BCUT2D eigenvalue weighted by Gasteiger charge is -2.21. The molecule has 10 heteroatoms. The summed E-state index contributed by atoms with van der Waals surface area (Å²) in [6.07, 6.45) is 1.66. The Bertz CT molecular complexity index is 1250. The molecule has 0 bridgehead atoms. The molecular formula is C21H17N5O5. The Morgan fingerprint density at radius 1 is 1.13 bits per heavy atom. The van der Waals surface area contributed by atoms with Crippen molar-refractivity contribution in [1.29, 1.82) is 0 Å². The molecule has 31 heavy (non-hydrogen) atoms. The molecule has 0 spiro atoms. The van der Waals surface area contributed by atoms with Crippen LogP contribution in [0, 0.1) is 17.0 Å². The molecule has 0 saturated carbocycles. The number of carbonyl (C=O) groups excluding carboxylic acids is 3. The lowest BCUT2D eigenvalue weighted by Crippen LogP contribution is -2.45. The van der Waals surface area contributed by atoms with E-state index in [9.17, 15) is 24.5 Å². The van der Waals surface area contributed by atoms with Crippen LogP contribution in [0.5, 0.6) is 0 Å². The Morgan fingerprint density at radius 3 is 2.55 bits per heavy atom. The van der Waals surface area contributed by atoms with Gasteiger partial charge in [-0.3, -0.25) is 29.4 Å². The second kappa shape index (κ2) is 7.48. The van der Waals surface area contributed by atoms with Crippen molar-refractivity contribution in [1.82, 2.24) is 14.7 Å². The molecule has 2 aromatic carbocycles. The fourth-order valence-corrected chi connectivity index (χ4v) is 3.51. The molecule has 4 rings (SSSR count). The molecule has 10 nitrogen and oxygen atoms in total. The number of hydrogen-bond acceptors (Lipinski definition) is 6. The molecule has 156 valence electrons. The maximum atomic E-state index is 12.8. The Hall–Kier alpha value is -4.34. The van der Waals surface area contributed by atoms with Gasteiger partial charge in [0.15, 0.2) is 0 Å². The zero-order chi connectivity index (χ0) is 22.3. The van der Waals surface area contributed by atoms with Gasteiger partial charge < -0.3 is 5.32 Å². The number of imide groups is 1. The highest BCUT2D eigenvalue weighted by Gasteiger charge is 2.44. The Kier molecular flexibility index (Phi) is 4.82. The van der Waals surface area contributed by atoms with Crippen molar-refractivity contribution in [2.75, 3.05) is 5.32 Å². The minimum atomic E-state index is -1.18. The van der Waals surface area contributed by atoms with E-state index < -0.39 is 34.4 Å². The van der Waals surface area contributed by atoms with Crippen molar-refractivity contribution < 1.29 is 19.3 Å². The minimum absolute atomic E-state index is 0.0880. The first-order valence-corrected chi connectivity index (χ1v) is 9.37. The van der Waals surface area contributed by atoms with E-state index in [1.807, 2.05) is 19.1 Å². The second-order valence-corrected chi connectivity index (χ2v) is 7.04. The second-order valence-electron chi connectivity index (χ2n) is 7.04. The highest BCUT2D eigenvalue weighted by molar-refractivity contribution is 6.24. The number of fused-ring (bicyclic) bond motifs is 1. The quantitative estimate of drug-likeness (QED) is 0.385. The van der Waals surface area contributed by atoms with E-state index in [0.29, 0.717) is 5.69 Å². The zero-order valence-corrected chi connectivity index (χ0v) is 16.6. The summed E-state index contributed by atoms with van der Waals surface area (Å²) in [6, 6.07) is 11.4. The number of aryl methyl sites for hydroxylation is 1. The van der Waals surface area contributed by atoms with Gasteiger partial charge in [0.25, 0.3) is 17.5 Å². The van der Waals surface area contributed by atoms with E-state index in [-0.39, 0.29) is 11.1 Å². The summed E-state index contributed by atoms with van der Waals surface area (Å²) in [5.74, 6) is -2.21. The number of aromatic nitrogens is 2. The van der Waals surface area contributed by atoms with Crippen molar-refractivity contribution >= 4 is 29.1 Å². The predicted octanol–water partition coefficient (Wildman–Crippen LogP) is 2.71. The summed E-state index contributed by atoms with van der Waals surface area (Å²) in [4.78, 5) is 49.6. The van der Waals surface area contributed by atoms with Gasteiger partial charge in [-0.25, -0.2) is 4.68 Å². The van der Waals surface area contributed by atoms with Gasteiger partial charge >= 0.3 is 0 Å². The summed E-state index contributed by atoms with van der Waals surface area (Å²) in [5.41, 5.74) is 1.23. The Labute approximate surface area is 176 Å². The van der Waals surface area contributed by atoms with Gasteiger partial charge in [-0.2, -0.15) is 5.10 Å². The van der Waals surface area contributed by atoms with Gasteiger partial charge in [-0.15, -0.1) is 0 Å². The summed E-state index contributed by atoms with van der Waals surface area (Å²) in [5, 5.41) is 18.2. The first-order valence-electron chi connectivity index (χ1n) is 9.37. The van der Waals surface area contributed by atoms with Gasteiger partial charge in [0.05, 0.1) is 16.2 Å². The maximum Gasteiger partial charge on any atom is 0.282 e. The number of nitro benzene ring substituents is 1. The van der Waals surface area contributed by atoms with Gasteiger partial charge in [-0.1, -0.05) is 12.1 Å². The van der Waals surface area contributed by atoms with E-state index in [2.05, 4.69) is 10.4 Å². The lowest BCUT2D eigenvalue weighted by molar-refractivity contribution is -0.385. The summed E-state index contributed by atoms with van der Waals surface area (Å²) in [6.45, 7) is 3.28. The number of benzene rings is 2. The maximum absolute atomic E-state index is 12.8. The topological polar surface area (TPSA) is 127 Å². The number of nitrogens with one attached hydrogen (secondary N) is 1. The van der Waals surface area contributed by atoms with Crippen LogP contribution in [0.15, 0.2) is 54.7 Å². The molecule has 1 aromatic heterocycles. The molecule has 2 heterocycles. The molecule has 0 radical (unpaired) electrons. The number of rotatable bonds is 5. The normalized spacial score (nSPS) is 13.8. The first-order chi connectivity index (χ1) is 14.8. The number of carbonyl (C=O) groups is 3. The van der Waals surface area contributed by atoms with Crippen LogP contribution in [-0.4, -0.2) is 43.4 Å². The lowest BCUT2D eigenvalue weighted by atomic mass is 10.1. The molecule has 1 aliphatic heterocycles. The van der Waals surface area contributed by atoms with Crippen LogP contribution in [0.1, 0.15) is 33.3 Å². The van der Waals surface area contributed by atoms with Crippen LogP contribution in [0.4, 0.5) is 11.4 Å².